The maximum absolute atomic E-state index is 13.2. The van der Waals surface area contributed by atoms with Gasteiger partial charge >= 0.3 is 0 Å². The van der Waals surface area contributed by atoms with Crippen LogP contribution in [0.3, 0.4) is 0 Å². The van der Waals surface area contributed by atoms with Gasteiger partial charge in [-0.1, -0.05) is 24.3 Å². The van der Waals surface area contributed by atoms with Gasteiger partial charge in [0.05, 0.1) is 18.1 Å². The fourth-order valence-corrected chi connectivity index (χ4v) is 4.56. The number of ether oxygens (including phenoxy) is 2. The van der Waals surface area contributed by atoms with Gasteiger partial charge < -0.3 is 14.8 Å². The van der Waals surface area contributed by atoms with Crippen molar-refractivity contribution < 1.29 is 28.2 Å². The van der Waals surface area contributed by atoms with E-state index < -0.39 is 11.1 Å². The number of amides is 3. The molecule has 1 saturated heterocycles. The summed E-state index contributed by atoms with van der Waals surface area (Å²) in [5.74, 6) is -0.336. The van der Waals surface area contributed by atoms with Crippen molar-refractivity contribution in [2.24, 2.45) is 0 Å². The molecule has 1 heterocycles. The first kappa shape index (κ1) is 26.9. The highest BCUT2D eigenvalue weighted by Gasteiger charge is 2.35. The third kappa shape index (κ3) is 6.60. The molecule has 0 atom stereocenters. The molecular formula is C29H27FN2O5S. The SMILES string of the molecule is CCOc1cc(/C=C2\SC(=O)N(Cc3ccc(F)cc3)C2=O)ccc1OCC(=O)Nc1ccc(C)c(C)c1. The van der Waals surface area contributed by atoms with Crippen molar-refractivity contribution in [3.63, 3.8) is 0 Å². The van der Waals surface area contributed by atoms with Gasteiger partial charge in [0, 0.05) is 5.69 Å². The Hall–Kier alpha value is -4.11. The Morgan fingerprint density at radius 3 is 2.45 bits per heavy atom. The predicted octanol–water partition coefficient (Wildman–Crippen LogP) is 6.10. The van der Waals surface area contributed by atoms with E-state index in [-0.39, 0.29) is 29.8 Å². The fraction of sp³-hybridized carbons (Fsp3) is 0.207. The first-order valence-corrected chi connectivity index (χ1v) is 12.8. The topological polar surface area (TPSA) is 84.9 Å². The summed E-state index contributed by atoms with van der Waals surface area (Å²) in [6, 6.07) is 16.4. The number of imide groups is 1. The average Bonchev–Trinajstić information content (AvgIpc) is 3.14. The van der Waals surface area contributed by atoms with Crippen molar-refractivity contribution in [2.75, 3.05) is 18.5 Å². The zero-order valence-electron chi connectivity index (χ0n) is 21.2. The van der Waals surface area contributed by atoms with Gasteiger partial charge in [0.1, 0.15) is 5.82 Å². The Morgan fingerprint density at radius 1 is 0.974 bits per heavy atom. The van der Waals surface area contributed by atoms with Gasteiger partial charge in [-0.25, -0.2) is 4.39 Å². The van der Waals surface area contributed by atoms with Gasteiger partial charge in [-0.15, -0.1) is 0 Å². The molecular weight excluding hydrogens is 507 g/mol. The summed E-state index contributed by atoms with van der Waals surface area (Å²) in [5, 5.41) is 2.42. The molecule has 3 aromatic rings. The van der Waals surface area contributed by atoms with Crippen molar-refractivity contribution in [3.8, 4) is 11.5 Å². The number of aryl methyl sites for hydroxylation is 2. The Labute approximate surface area is 224 Å². The lowest BCUT2D eigenvalue weighted by atomic mass is 10.1. The van der Waals surface area contributed by atoms with Crippen LogP contribution in [0, 0.1) is 19.7 Å². The number of benzene rings is 3. The zero-order chi connectivity index (χ0) is 27.2. The van der Waals surface area contributed by atoms with Gasteiger partial charge in [-0.2, -0.15) is 0 Å². The van der Waals surface area contributed by atoms with Crippen molar-refractivity contribution >= 4 is 40.6 Å². The highest BCUT2D eigenvalue weighted by Crippen LogP contribution is 2.35. The summed E-state index contributed by atoms with van der Waals surface area (Å²) >= 11 is 0.839. The molecule has 0 unspecified atom stereocenters. The van der Waals surface area contributed by atoms with E-state index in [4.69, 9.17) is 9.47 Å². The molecule has 3 amide bonds. The highest BCUT2D eigenvalue weighted by molar-refractivity contribution is 8.18. The lowest BCUT2D eigenvalue weighted by molar-refractivity contribution is -0.123. The van der Waals surface area contributed by atoms with Crippen LogP contribution < -0.4 is 14.8 Å². The first-order chi connectivity index (χ1) is 18.2. The standard InChI is InChI=1S/C29H27FN2O5S/c1-4-36-25-14-21(8-12-24(25)37-17-27(33)31-23-11-5-18(2)19(3)13-23)15-26-28(34)32(29(35)38-26)16-20-6-9-22(30)10-7-20/h5-15H,4,16-17H2,1-3H3,(H,31,33)/b26-15-. The summed E-state index contributed by atoms with van der Waals surface area (Å²) in [7, 11) is 0. The summed E-state index contributed by atoms with van der Waals surface area (Å²) in [5.41, 5.74) is 4.18. The van der Waals surface area contributed by atoms with E-state index in [1.165, 1.54) is 24.3 Å². The minimum Gasteiger partial charge on any atom is -0.490 e. The summed E-state index contributed by atoms with van der Waals surface area (Å²) < 4.78 is 24.6. The molecule has 0 bridgehead atoms. The number of nitrogens with one attached hydrogen (secondary N) is 1. The quantitative estimate of drug-likeness (QED) is 0.334. The van der Waals surface area contributed by atoms with Gasteiger partial charge in [-0.3, -0.25) is 19.3 Å². The number of hydrogen-bond acceptors (Lipinski definition) is 6. The third-order valence-corrected chi connectivity index (χ3v) is 6.75. The number of carbonyl (C=O) groups excluding carboxylic acids is 3. The molecule has 1 aliphatic rings. The minimum atomic E-state index is -0.425. The monoisotopic (exact) mass is 534 g/mol. The van der Waals surface area contributed by atoms with Crippen LogP contribution in [0.2, 0.25) is 0 Å². The maximum Gasteiger partial charge on any atom is 0.293 e. The van der Waals surface area contributed by atoms with E-state index >= 15 is 0 Å². The average molecular weight is 535 g/mol. The molecule has 0 radical (unpaired) electrons. The van der Waals surface area contributed by atoms with Crippen LogP contribution in [0.5, 0.6) is 11.5 Å². The van der Waals surface area contributed by atoms with Crippen LogP contribution in [-0.2, 0) is 16.1 Å². The molecule has 9 heteroatoms. The molecule has 4 rings (SSSR count). The van der Waals surface area contributed by atoms with Crippen LogP contribution in [0.4, 0.5) is 14.9 Å². The molecule has 7 nitrogen and oxygen atoms in total. The normalized spacial score (nSPS) is 14.2. The number of hydrogen-bond donors (Lipinski definition) is 1. The van der Waals surface area contributed by atoms with E-state index in [1.807, 2.05) is 39.0 Å². The second-order valence-corrected chi connectivity index (χ2v) is 9.66. The van der Waals surface area contributed by atoms with E-state index in [2.05, 4.69) is 5.32 Å². The molecule has 1 aliphatic heterocycles. The smallest absolute Gasteiger partial charge is 0.293 e. The molecule has 0 saturated carbocycles. The number of thioether (sulfide) groups is 1. The Kier molecular flexibility index (Phi) is 8.48. The largest absolute Gasteiger partial charge is 0.490 e. The Morgan fingerprint density at radius 2 is 1.74 bits per heavy atom. The van der Waals surface area contributed by atoms with Crippen LogP contribution in [0.25, 0.3) is 6.08 Å². The van der Waals surface area contributed by atoms with Crippen molar-refractivity contribution in [1.29, 1.82) is 0 Å². The third-order valence-electron chi connectivity index (χ3n) is 5.84. The molecule has 3 aromatic carbocycles. The van der Waals surface area contributed by atoms with Crippen molar-refractivity contribution in [2.45, 2.75) is 27.3 Å². The minimum absolute atomic E-state index is 0.0590. The lowest BCUT2D eigenvalue weighted by Crippen LogP contribution is -2.27. The van der Waals surface area contributed by atoms with Crippen LogP contribution in [0.15, 0.2) is 65.6 Å². The van der Waals surface area contributed by atoms with E-state index in [1.54, 1.807) is 24.3 Å². The first-order valence-electron chi connectivity index (χ1n) is 12.0. The number of anilines is 1. The Balaban J connectivity index is 1.43. The second-order valence-electron chi connectivity index (χ2n) is 8.67. The van der Waals surface area contributed by atoms with Crippen molar-refractivity contribution in [3.05, 3.63) is 93.6 Å². The predicted molar refractivity (Wildman–Crippen MR) is 146 cm³/mol. The molecule has 0 aliphatic carbocycles. The number of rotatable bonds is 9. The lowest BCUT2D eigenvalue weighted by Gasteiger charge is -2.13. The number of nitrogens with zero attached hydrogens (tertiary/aromatic N) is 1. The molecule has 0 aromatic heterocycles. The summed E-state index contributed by atoms with van der Waals surface area (Å²) in [4.78, 5) is 39.1. The van der Waals surface area contributed by atoms with Gasteiger partial charge in [0.2, 0.25) is 0 Å². The summed E-state index contributed by atoms with van der Waals surface area (Å²) in [6.45, 7) is 6.01. The molecule has 38 heavy (non-hydrogen) atoms. The van der Waals surface area contributed by atoms with Gasteiger partial charge in [0.25, 0.3) is 17.1 Å². The number of halogens is 1. The Bertz CT molecular complexity index is 1400. The fourth-order valence-electron chi connectivity index (χ4n) is 3.72. The molecule has 0 spiro atoms. The number of carbonyl (C=O) groups is 3. The van der Waals surface area contributed by atoms with E-state index in [0.29, 0.717) is 34.9 Å². The van der Waals surface area contributed by atoms with Gasteiger partial charge in [-0.05, 0) is 97.3 Å². The van der Waals surface area contributed by atoms with Crippen molar-refractivity contribution in [1.82, 2.24) is 4.90 Å². The summed E-state index contributed by atoms with van der Waals surface area (Å²) in [6.07, 6.45) is 1.61. The van der Waals surface area contributed by atoms with Crippen LogP contribution in [-0.4, -0.2) is 35.2 Å². The van der Waals surface area contributed by atoms with E-state index in [9.17, 15) is 18.8 Å². The van der Waals surface area contributed by atoms with Gasteiger partial charge in [0.15, 0.2) is 18.1 Å². The second kappa shape index (κ2) is 12.0. The van der Waals surface area contributed by atoms with Crippen LogP contribution >= 0.6 is 11.8 Å². The molecule has 1 N–H and O–H groups in total. The highest BCUT2D eigenvalue weighted by atomic mass is 32.2. The zero-order valence-corrected chi connectivity index (χ0v) is 22.1. The maximum atomic E-state index is 13.2. The molecule has 196 valence electrons. The van der Waals surface area contributed by atoms with E-state index in [0.717, 1.165) is 27.8 Å². The molecule has 1 fully saturated rings. The van der Waals surface area contributed by atoms with Crippen LogP contribution in [0.1, 0.15) is 29.2 Å².